The number of anilines is 1. The summed E-state index contributed by atoms with van der Waals surface area (Å²) in [6.45, 7) is 10.2. The molecule has 0 radical (unpaired) electrons. The third kappa shape index (κ3) is 6.13. The van der Waals surface area contributed by atoms with Gasteiger partial charge in [-0.15, -0.1) is 15.8 Å². The number of benzene rings is 1. The highest BCUT2D eigenvalue weighted by atomic mass is 32.2. The van der Waals surface area contributed by atoms with E-state index < -0.39 is 33.2 Å². The average molecular weight is 564 g/mol. The molecule has 1 aromatic carbocycles. The zero-order valence-corrected chi connectivity index (χ0v) is 24.3. The lowest BCUT2D eigenvalue weighted by atomic mass is 9.91. The molecular weight excluding hydrogens is 526 g/mol. The zero-order chi connectivity index (χ0) is 28.0. The number of hydrogen-bond donors (Lipinski definition) is 4. The summed E-state index contributed by atoms with van der Waals surface area (Å²) in [5.74, 6) is 0.763. The van der Waals surface area contributed by atoms with Gasteiger partial charge in [0, 0.05) is 5.69 Å². The number of amides is 3. The molecule has 2 aliphatic carbocycles. The van der Waals surface area contributed by atoms with Crippen molar-refractivity contribution >= 4 is 39.1 Å². The standard InChI is InChI=1S/C26H37N5O5S2/c1-15(16-10-11-16)18-13-12-17-8-7-9-19(17)21(18)29-23(32)31(30-24(33)36-25(2,3)4)38(27,35)20-14-28-22(37-20)26(5,6)34/h12-16,27,34H,7-11H2,1-6H3,(H,29,32)(H,30,33)/t15-,38?/m0/s1. The van der Waals surface area contributed by atoms with Crippen LogP contribution in [0.5, 0.6) is 0 Å². The number of aromatic nitrogens is 1. The maximum Gasteiger partial charge on any atom is 0.427 e. The van der Waals surface area contributed by atoms with Gasteiger partial charge < -0.3 is 15.2 Å². The Hall–Kier alpha value is -2.70. The molecule has 1 aromatic heterocycles. The Kier molecular flexibility index (Phi) is 7.54. The van der Waals surface area contributed by atoms with E-state index in [1.165, 1.54) is 20.0 Å². The van der Waals surface area contributed by atoms with Crippen LogP contribution in [0.4, 0.5) is 15.3 Å². The van der Waals surface area contributed by atoms with Crippen LogP contribution in [0.25, 0.3) is 0 Å². The minimum absolute atomic E-state index is 0.0919. The van der Waals surface area contributed by atoms with Crippen LogP contribution < -0.4 is 10.7 Å². The van der Waals surface area contributed by atoms with Gasteiger partial charge in [0.1, 0.15) is 20.4 Å². The van der Waals surface area contributed by atoms with Crippen LogP contribution in [0.15, 0.2) is 22.5 Å². The van der Waals surface area contributed by atoms with Gasteiger partial charge in [0.15, 0.2) is 9.92 Å². The molecule has 1 fully saturated rings. The van der Waals surface area contributed by atoms with Gasteiger partial charge in [0.25, 0.3) is 0 Å². The lowest BCUT2D eigenvalue weighted by Gasteiger charge is -2.28. The van der Waals surface area contributed by atoms with Crippen LogP contribution >= 0.6 is 11.3 Å². The fourth-order valence-electron chi connectivity index (χ4n) is 4.60. The molecule has 0 saturated heterocycles. The fourth-order valence-corrected chi connectivity index (χ4v) is 7.02. The smallest absolute Gasteiger partial charge is 0.427 e. The predicted molar refractivity (Wildman–Crippen MR) is 146 cm³/mol. The van der Waals surface area contributed by atoms with E-state index in [2.05, 4.69) is 28.7 Å². The number of hydrogen-bond acceptors (Lipinski definition) is 8. The number of nitrogens with zero attached hydrogens (tertiary/aromatic N) is 2. The molecule has 1 unspecified atom stereocenters. The minimum atomic E-state index is -4.11. The second kappa shape index (κ2) is 10.1. The van der Waals surface area contributed by atoms with Crippen molar-refractivity contribution in [3.8, 4) is 0 Å². The van der Waals surface area contributed by atoms with E-state index in [9.17, 15) is 18.9 Å². The predicted octanol–water partition coefficient (Wildman–Crippen LogP) is 5.67. The van der Waals surface area contributed by atoms with Crippen molar-refractivity contribution < 1.29 is 23.6 Å². The number of carbonyl (C=O) groups excluding carboxylic acids is 2. The van der Waals surface area contributed by atoms with E-state index in [-0.39, 0.29) is 15.1 Å². The Morgan fingerprint density at radius 3 is 2.50 bits per heavy atom. The van der Waals surface area contributed by atoms with Gasteiger partial charge in [-0.2, -0.15) is 0 Å². The molecule has 3 amide bonds. The summed E-state index contributed by atoms with van der Waals surface area (Å²) in [6.07, 6.45) is 5.10. The van der Waals surface area contributed by atoms with E-state index in [1.807, 2.05) is 6.07 Å². The Bertz CT molecular complexity index is 1340. The number of urea groups is 1. The number of hydrazine groups is 1. The summed E-state index contributed by atoms with van der Waals surface area (Å²) in [4.78, 5) is 30.6. The van der Waals surface area contributed by atoms with Gasteiger partial charge in [0.05, 0.1) is 6.20 Å². The average Bonchev–Trinajstić information content (AvgIpc) is 3.29. The van der Waals surface area contributed by atoms with E-state index in [0.29, 0.717) is 16.0 Å². The lowest BCUT2D eigenvalue weighted by molar-refractivity contribution is 0.0454. The normalized spacial score (nSPS) is 17.8. The molecular formula is C26H37N5O5S2. The number of carbonyl (C=O) groups is 2. The summed E-state index contributed by atoms with van der Waals surface area (Å²) < 4.78 is 28.3. The molecule has 12 heteroatoms. The highest BCUT2D eigenvalue weighted by Gasteiger charge is 2.36. The molecule has 208 valence electrons. The number of aryl methyl sites for hydroxylation is 1. The molecule has 38 heavy (non-hydrogen) atoms. The second-order valence-electron chi connectivity index (χ2n) is 11.6. The van der Waals surface area contributed by atoms with Crippen molar-refractivity contribution in [1.82, 2.24) is 14.8 Å². The molecule has 2 aliphatic rings. The van der Waals surface area contributed by atoms with E-state index >= 15 is 0 Å². The SMILES string of the molecule is C[C@H](c1ccc2c(c1NC(=O)N(NC(=O)OC(C)(C)C)S(=N)(=O)c1cnc(C(C)(C)O)s1)CCC2)C1CC1. The first-order valence-electron chi connectivity index (χ1n) is 12.8. The third-order valence-corrected chi connectivity index (χ3v) is 10.1. The zero-order valence-electron chi connectivity index (χ0n) is 22.7. The van der Waals surface area contributed by atoms with Gasteiger partial charge in [-0.25, -0.2) is 29.0 Å². The summed E-state index contributed by atoms with van der Waals surface area (Å²) in [7, 11) is -4.11. The maximum atomic E-state index is 13.9. The third-order valence-electron chi connectivity index (χ3n) is 6.68. The number of nitrogens with one attached hydrogen (secondary N) is 3. The minimum Gasteiger partial charge on any atom is -0.443 e. The van der Waals surface area contributed by atoms with Gasteiger partial charge in [0.2, 0.25) is 0 Å². The fraction of sp³-hybridized carbons (Fsp3) is 0.577. The maximum absolute atomic E-state index is 13.9. The molecule has 1 heterocycles. The number of ether oxygens (including phenoxy) is 1. The van der Waals surface area contributed by atoms with E-state index in [1.54, 1.807) is 20.8 Å². The molecule has 4 N–H and O–H groups in total. The topological polar surface area (TPSA) is 145 Å². The first-order chi connectivity index (χ1) is 17.6. The van der Waals surface area contributed by atoms with E-state index in [4.69, 9.17) is 9.52 Å². The number of fused-ring (bicyclic) bond motifs is 1. The molecule has 1 saturated carbocycles. The van der Waals surface area contributed by atoms with Crippen molar-refractivity contribution in [3.05, 3.63) is 40.0 Å². The summed E-state index contributed by atoms with van der Waals surface area (Å²) >= 11 is 0.842. The first-order valence-corrected chi connectivity index (χ1v) is 15.1. The van der Waals surface area contributed by atoms with Gasteiger partial charge >= 0.3 is 12.1 Å². The van der Waals surface area contributed by atoms with Crippen molar-refractivity contribution in [3.63, 3.8) is 0 Å². The summed E-state index contributed by atoms with van der Waals surface area (Å²) in [5.41, 5.74) is 3.88. The quantitative estimate of drug-likeness (QED) is 0.333. The highest BCUT2D eigenvalue weighted by molar-refractivity contribution is 7.92. The van der Waals surface area contributed by atoms with Crippen molar-refractivity contribution in [2.24, 2.45) is 5.92 Å². The number of aliphatic hydroxyl groups is 1. The van der Waals surface area contributed by atoms with Crippen LogP contribution in [0.1, 0.15) is 88.4 Å². The van der Waals surface area contributed by atoms with Crippen LogP contribution in [-0.2, 0) is 33.1 Å². The second-order valence-corrected chi connectivity index (χ2v) is 14.7. The Labute approximate surface area is 228 Å². The highest BCUT2D eigenvalue weighted by Crippen LogP contribution is 2.46. The Balaban J connectivity index is 1.72. The Morgan fingerprint density at radius 2 is 1.92 bits per heavy atom. The molecule has 2 aromatic rings. The monoisotopic (exact) mass is 563 g/mol. The van der Waals surface area contributed by atoms with Crippen molar-refractivity contribution in [2.75, 3.05) is 5.32 Å². The summed E-state index contributed by atoms with van der Waals surface area (Å²) in [5, 5.41) is 13.5. The largest absolute Gasteiger partial charge is 0.443 e. The van der Waals surface area contributed by atoms with Crippen LogP contribution in [0, 0.1) is 10.7 Å². The molecule has 0 bridgehead atoms. The van der Waals surface area contributed by atoms with Gasteiger partial charge in [-0.3, -0.25) is 0 Å². The van der Waals surface area contributed by atoms with Gasteiger partial charge in [-0.05, 0) is 95.2 Å². The summed E-state index contributed by atoms with van der Waals surface area (Å²) in [6, 6.07) is 3.25. The number of rotatable bonds is 6. The Morgan fingerprint density at radius 1 is 1.24 bits per heavy atom. The molecule has 4 rings (SSSR count). The van der Waals surface area contributed by atoms with Gasteiger partial charge in [-0.1, -0.05) is 19.1 Å². The van der Waals surface area contributed by atoms with Crippen LogP contribution in [0.3, 0.4) is 0 Å². The van der Waals surface area contributed by atoms with Crippen LogP contribution in [0.2, 0.25) is 0 Å². The van der Waals surface area contributed by atoms with Crippen LogP contribution in [-0.4, -0.2) is 36.4 Å². The molecule has 0 aliphatic heterocycles. The first kappa shape index (κ1) is 28.3. The van der Waals surface area contributed by atoms with Crippen molar-refractivity contribution in [2.45, 2.75) is 95.0 Å². The van der Waals surface area contributed by atoms with E-state index in [0.717, 1.165) is 60.1 Å². The number of thiazole rings is 1. The van der Waals surface area contributed by atoms with Crippen molar-refractivity contribution in [1.29, 1.82) is 4.78 Å². The lowest BCUT2D eigenvalue weighted by Crippen LogP contribution is -2.52. The molecule has 2 atom stereocenters. The molecule has 0 spiro atoms. The molecule has 10 nitrogen and oxygen atoms in total.